The van der Waals surface area contributed by atoms with Gasteiger partial charge in [0.05, 0.1) is 12.0 Å². The van der Waals surface area contributed by atoms with E-state index in [-0.39, 0.29) is 17.9 Å². The average molecular weight is 268 g/mol. The number of nitrogens with one attached hydrogen (secondary N) is 1. The van der Waals surface area contributed by atoms with E-state index in [9.17, 15) is 9.90 Å². The van der Waals surface area contributed by atoms with Gasteiger partial charge in [-0.2, -0.15) is 0 Å². The molecule has 0 aromatic rings. The van der Waals surface area contributed by atoms with Crippen LogP contribution in [-0.2, 0) is 4.79 Å². The summed E-state index contributed by atoms with van der Waals surface area (Å²) >= 11 is 0. The minimum absolute atomic E-state index is 0.00850. The summed E-state index contributed by atoms with van der Waals surface area (Å²) in [5, 5.41) is 12.3. The fourth-order valence-corrected chi connectivity index (χ4v) is 3.05. The van der Waals surface area contributed by atoms with Crippen LogP contribution in [0.15, 0.2) is 0 Å². The molecular weight excluding hydrogens is 240 g/mol. The van der Waals surface area contributed by atoms with Crippen LogP contribution in [0, 0.1) is 16.7 Å². The maximum Gasteiger partial charge on any atom is 0.228 e. The first-order valence-electron chi connectivity index (χ1n) is 7.47. The first-order chi connectivity index (χ1) is 8.89. The molecule has 1 aliphatic heterocycles. The zero-order valence-corrected chi connectivity index (χ0v) is 12.5. The van der Waals surface area contributed by atoms with Crippen molar-refractivity contribution in [3.63, 3.8) is 0 Å². The van der Waals surface area contributed by atoms with E-state index >= 15 is 0 Å². The van der Waals surface area contributed by atoms with E-state index in [1.54, 1.807) is 0 Å². The lowest BCUT2D eigenvalue weighted by molar-refractivity contribution is -0.128. The average Bonchev–Trinajstić information content (AvgIpc) is 3.17. The SMILES string of the molecule is CN1CCCC(C(C)(C)CNC(=O)C2(CO)CC2)C1. The molecule has 2 aliphatic rings. The summed E-state index contributed by atoms with van der Waals surface area (Å²) in [5.41, 5.74) is -0.324. The molecule has 4 nitrogen and oxygen atoms in total. The number of aliphatic hydroxyl groups excluding tert-OH is 1. The predicted octanol–water partition coefficient (Wildman–Crippen LogP) is 1.24. The van der Waals surface area contributed by atoms with Crippen LogP contribution < -0.4 is 5.32 Å². The molecule has 0 bridgehead atoms. The van der Waals surface area contributed by atoms with Crippen LogP contribution in [0.2, 0.25) is 0 Å². The van der Waals surface area contributed by atoms with Crippen molar-refractivity contribution in [1.29, 1.82) is 0 Å². The summed E-state index contributed by atoms with van der Waals surface area (Å²) in [6, 6.07) is 0. The number of aliphatic hydroxyl groups is 1. The minimum atomic E-state index is -0.445. The molecule has 2 rings (SSSR count). The second kappa shape index (κ2) is 5.41. The third-order valence-electron chi connectivity index (χ3n) is 5.07. The molecule has 0 aromatic heterocycles. The third kappa shape index (κ3) is 3.29. The van der Waals surface area contributed by atoms with Gasteiger partial charge >= 0.3 is 0 Å². The van der Waals surface area contributed by atoms with Crippen molar-refractivity contribution < 1.29 is 9.90 Å². The lowest BCUT2D eigenvalue weighted by Crippen LogP contribution is -2.46. The van der Waals surface area contributed by atoms with Gasteiger partial charge in [0.1, 0.15) is 0 Å². The highest BCUT2D eigenvalue weighted by Crippen LogP contribution is 2.45. The minimum Gasteiger partial charge on any atom is -0.395 e. The normalized spacial score (nSPS) is 27.1. The molecular formula is C15H28N2O2. The quantitative estimate of drug-likeness (QED) is 0.789. The Morgan fingerprint density at radius 2 is 2.16 bits per heavy atom. The van der Waals surface area contributed by atoms with Crippen molar-refractivity contribution in [2.24, 2.45) is 16.7 Å². The number of likely N-dealkylation sites (tertiary alicyclic amines) is 1. The molecule has 2 fully saturated rings. The Hall–Kier alpha value is -0.610. The molecule has 0 spiro atoms. The first kappa shape index (κ1) is 14.8. The van der Waals surface area contributed by atoms with E-state index in [0.717, 1.165) is 19.4 Å². The van der Waals surface area contributed by atoms with E-state index in [2.05, 4.69) is 31.1 Å². The summed E-state index contributed by atoms with van der Waals surface area (Å²) in [5.74, 6) is 0.683. The number of nitrogens with zero attached hydrogens (tertiary/aromatic N) is 1. The van der Waals surface area contributed by atoms with Gasteiger partial charge in [-0.05, 0) is 50.6 Å². The molecule has 1 amide bonds. The van der Waals surface area contributed by atoms with Crippen LogP contribution >= 0.6 is 0 Å². The lowest BCUT2D eigenvalue weighted by Gasteiger charge is -2.40. The molecule has 2 N–H and O–H groups in total. The Morgan fingerprint density at radius 1 is 1.47 bits per heavy atom. The Balaban J connectivity index is 1.85. The Bertz CT molecular complexity index is 337. The number of carbonyl (C=O) groups is 1. The van der Waals surface area contributed by atoms with Gasteiger partial charge in [0.25, 0.3) is 0 Å². The summed E-state index contributed by atoms with van der Waals surface area (Å²) in [6.07, 6.45) is 4.17. The summed E-state index contributed by atoms with van der Waals surface area (Å²) in [7, 11) is 2.17. The Labute approximate surface area is 116 Å². The second-order valence-corrected chi connectivity index (χ2v) is 7.21. The highest BCUT2D eigenvalue weighted by Gasteiger charge is 2.49. The van der Waals surface area contributed by atoms with Gasteiger partial charge in [0.15, 0.2) is 0 Å². The lowest BCUT2D eigenvalue weighted by atomic mass is 9.74. The monoisotopic (exact) mass is 268 g/mol. The number of piperidine rings is 1. The van der Waals surface area contributed by atoms with Gasteiger partial charge in [-0.25, -0.2) is 0 Å². The topological polar surface area (TPSA) is 52.6 Å². The third-order valence-corrected chi connectivity index (χ3v) is 5.07. The molecule has 1 aliphatic carbocycles. The molecule has 19 heavy (non-hydrogen) atoms. The zero-order chi connectivity index (χ0) is 14.1. The van der Waals surface area contributed by atoms with Gasteiger partial charge < -0.3 is 15.3 Å². The molecule has 110 valence electrons. The number of carbonyl (C=O) groups excluding carboxylic acids is 1. The summed E-state index contributed by atoms with van der Waals surface area (Å²) in [6.45, 7) is 7.50. The van der Waals surface area contributed by atoms with Crippen molar-refractivity contribution in [1.82, 2.24) is 10.2 Å². The maximum atomic E-state index is 12.1. The van der Waals surface area contributed by atoms with Crippen molar-refractivity contribution in [2.45, 2.75) is 39.5 Å². The van der Waals surface area contributed by atoms with E-state index in [4.69, 9.17) is 0 Å². The van der Waals surface area contributed by atoms with E-state index in [1.165, 1.54) is 19.4 Å². The van der Waals surface area contributed by atoms with Crippen LogP contribution in [0.1, 0.15) is 39.5 Å². The molecule has 1 heterocycles. The standard InChI is InChI=1S/C15H28N2O2/c1-14(2,12-5-4-8-17(3)9-12)10-16-13(19)15(11-18)6-7-15/h12,18H,4-11H2,1-3H3,(H,16,19). The molecule has 0 radical (unpaired) electrons. The van der Waals surface area contributed by atoms with Crippen LogP contribution in [0.5, 0.6) is 0 Å². The van der Waals surface area contributed by atoms with E-state index < -0.39 is 5.41 Å². The number of hydrogen-bond acceptors (Lipinski definition) is 3. The highest BCUT2D eigenvalue weighted by molar-refractivity contribution is 5.85. The molecule has 1 unspecified atom stereocenters. The van der Waals surface area contributed by atoms with Gasteiger partial charge in [0.2, 0.25) is 5.91 Å². The predicted molar refractivity (Wildman–Crippen MR) is 75.8 cm³/mol. The second-order valence-electron chi connectivity index (χ2n) is 7.21. The van der Waals surface area contributed by atoms with Crippen molar-refractivity contribution in [3.8, 4) is 0 Å². The van der Waals surface area contributed by atoms with Crippen molar-refractivity contribution >= 4 is 5.91 Å². The van der Waals surface area contributed by atoms with Crippen molar-refractivity contribution in [2.75, 3.05) is 33.3 Å². The van der Waals surface area contributed by atoms with Crippen LogP contribution in [0.25, 0.3) is 0 Å². The zero-order valence-electron chi connectivity index (χ0n) is 12.5. The Kier molecular flexibility index (Phi) is 4.21. The molecule has 4 heteroatoms. The van der Waals surface area contributed by atoms with Gasteiger partial charge in [-0.15, -0.1) is 0 Å². The molecule has 1 saturated carbocycles. The number of hydrogen-bond donors (Lipinski definition) is 2. The molecule has 1 atom stereocenters. The van der Waals surface area contributed by atoms with Crippen LogP contribution in [0.4, 0.5) is 0 Å². The fraction of sp³-hybridized carbons (Fsp3) is 0.933. The van der Waals surface area contributed by atoms with Gasteiger partial charge in [-0.3, -0.25) is 4.79 Å². The van der Waals surface area contributed by atoms with Crippen LogP contribution in [-0.4, -0.2) is 49.2 Å². The van der Waals surface area contributed by atoms with Crippen molar-refractivity contribution in [3.05, 3.63) is 0 Å². The van der Waals surface area contributed by atoms with Crippen LogP contribution in [0.3, 0.4) is 0 Å². The molecule has 0 aromatic carbocycles. The largest absolute Gasteiger partial charge is 0.395 e. The maximum absolute atomic E-state index is 12.1. The smallest absolute Gasteiger partial charge is 0.228 e. The summed E-state index contributed by atoms with van der Waals surface area (Å²) < 4.78 is 0. The number of amides is 1. The first-order valence-corrected chi connectivity index (χ1v) is 7.47. The summed E-state index contributed by atoms with van der Waals surface area (Å²) in [4.78, 5) is 14.5. The van der Waals surface area contributed by atoms with E-state index in [1.807, 2.05) is 0 Å². The fourth-order valence-electron chi connectivity index (χ4n) is 3.05. The molecule has 1 saturated heterocycles. The number of rotatable bonds is 5. The van der Waals surface area contributed by atoms with E-state index in [0.29, 0.717) is 12.5 Å². The highest BCUT2D eigenvalue weighted by atomic mass is 16.3. The Morgan fingerprint density at radius 3 is 2.68 bits per heavy atom. The van der Waals surface area contributed by atoms with Gasteiger partial charge in [0, 0.05) is 13.1 Å². The van der Waals surface area contributed by atoms with Gasteiger partial charge in [-0.1, -0.05) is 13.8 Å².